The van der Waals surface area contributed by atoms with Crippen LogP contribution in [0.15, 0.2) is 72.8 Å². The van der Waals surface area contributed by atoms with Crippen LogP contribution in [0.4, 0.5) is 0 Å². The van der Waals surface area contributed by atoms with E-state index in [-0.39, 0.29) is 12.8 Å². The van der Waals surface area contributed by atoms with E-state index in [4.69, 9.17) is 14.2 Å². The third kappa shape index (κ3) is 8.64. The molecule has 0 saturated carbocycles. The Labute approximate surface area is 206 Å². The summed E-state index contributed by atoms with van der Waals surface area (Å²) in [4.78, 5) is 73.3. The highest BCUT2D eigenvalue weighted by atomic mass is 16.6. The van der Waals surface area contributed by atoms with Crippen molar-refractivity contribution in [1.82, 2.24) is 0 Å². The van der Waals surface area contributed by atoms with Gasteiger partial charge in [0.1, 0.15) is 6.61 Å². The van der Waals surface area contributed by atoms with Gasteiger partial charge >= 0.3 is 35.8 Å². The van der Waals surface area contributed by atoms with Crippen molar-refractivity contribution in [3.8, 4) is 0 Å². The normalized spacial score (nSPS) is 10.8. The number of rotatable bonds is 10. The van der Waals surface area contributed by atoms with Gasteiger partial charge in [-0.3, -0.25) is 19.2 Å². The second-order valence-corrected chi connectivity index (χ2v) is 7.64. The first-order valence-corrected chi connectivity index (χ1v) is 10.6. The number of carbonyl (C=O) groups is 6. The van der Waals surface area contributed by atoms with Gasteiger partial charge in [0.15, 0.2) is 5.41 Å². The minimum Gasteiger partial charge on any atom is -0.466 e. The fraction of sp³-hybridized carbons (Fsp3) is 0.231. The van der Waals surface area contributed by atoms with Gasteiger partial charge in [-0.25, -0.2) is 9.59 Å². The van der Waals surface area contributed by atoms with E-state index in [1.165, 1.54) is 0 Å². The lowest BCUT2D eigenvalue weighted by atomic mass is 9.92. The Balaban J connectivity index is 2.14. The first kappa shape index (κ1) is 27.6. The molecule has 0 N–H and O–H groups in total. The van der Waals surface area contributed by atoms with Crippen molar-refractivity contribution in [2.45, 2.75) is 19.8 Å². The predicted octanol–water partition coefficient (Wildman–Crippen LogP) is 1.89. The Morgan fingerprint density at radius 2 is 1.11 bits per heavy atom. The van der Waals surface area contributed by atoms with Crippen LogP contribution in [0.1, 0.15) is 18.1 Å². The van der Waals surface area contributed by atoms with Crippen LogP contribution in [0.2, 0.25) is 0 Å². The summed E-state index contributed by atoms with van der Waals surface area (Å²) in [7, 11) is 1.10. The largest absolute Gasteiger partial charge is 0.466 e. The summed E-state index contributed by atoms with van der Waals surface area (Å²) >= 11 is 0. The van der Waals surface area contributed by atoms with Gasteiger partial charge in [-0.15, -0.1) is 0 Å². The third-order valence-electron chi connectivity index (χ3n) is 4.76. The van der Waals surface area contributed by atoms with Crippen LogP contribution >= 0.6 is 0 Å². The molecule has 0 saturated heterocycles. The molecule has 0 amide bonds. The summed E-state index contributed by atoms with van der Waals surface area (Å²) in [5, 5.41) is 0. The second kappa shape index (κ2) is 13.3. The smallest absolute Gasteiger partial charge is 0.334 e. The Morgan fingerprint density at radius 1 is 0.694 bits per heavy atom. The molecular formula is C26H24O10. The predicted molar refractivity (Wildman–Crippen MR) is 123 cm³/mol. The number of esters is 6. The molecule has 0 aliphatic carbocycles. The van der Waals surface area contributed by atoms with Gasteiger partial charge in [-0.05, 0) is 18.1 Å². The number of ether oxygens (including phenoxy) is 4. The molecule has 0 atom stereocenters. The van der Waals surface area contributed by atoms with E-state index in [2.05, 4.69) is 4.74 Å². The van der Waals surface area contributed by atoms with Gasteiger partial charge in [-0.1, -0.05) is 60.7 Å². The topological polar surface area (TPSA) is 139 Å². The molecule has 0 aliphatic heterocycles. The minimum atomic E-state index is -2.37. The fourth-order valence-electron chi connectivity index (χ4n) is 2.70. The third-order valence-corrected chi connectivity index (χ3v) is 4.76. The van der Waals surface area contributed by atoms with Crippen LogP contribution in [0.3, 0.4) is 0 Å². The lowest BCUT2D eigenvalue weighted by Gasteiger charge is -2.23. The summed E-state index contributed by atoms with van der Waals surface area (Å²) in [6.07, 6.45) is 0.936. The minimum absolute atomic E-state index is 0.272. The van der Waals surface area contributed by atoms with E-state index in [1.54, 1.807) is 60.7 Å². The summed E-state index contributed by atoms with van der Waals surface area (Å²) < 4.78 is 18.9. The number of benzene rings is 2. The van der Waals surface area contributed by atoms with Gasteiger partial charge < -0.3 is 18.9 Å². The van der Waals surface area contributed by atoms with Crippen LogP contribution < -0.4 is 0 Å². The van der Waals surface area contributed by atoms with E-state index >= 15 is 0 Å². The molecular weight excluding hydrogens is 472 g/mol. The molecule has 2 aromatic carbocycles. The molecule has 36 heavy (non-hydrogen) atoms. The molecule has 0 unspecified atom stereocenters. The highest BCUT2D eigenvalue weighted by Gasteiger charge is 2.48. The SMILES string of the molecule is COC(=O)/C=C/C(=O)OCC(C)(C(=O)OC(=O)Cc1ccccc1)C(=O)OC(=O)Cc1ccccc1. The number of methoxy groups -OCH3 is 1. The first-order valence-electron chi connectivity index (χ1n) is 10.6. The zero-order chi connectivity index (χ0) is 26.6. The summed E-state index contributed by atoms with van der Waals surface area (Å²) in [5.74, 6) is -6.66. The molecule has 10 nitrogen and oxygen atoms in total. The van der Waals surface area contributed by atoms with E-state index < -0.39 is 47.8 Å². The van der Waals surface area contributed by atoms with Gasteiger partial charge in [0.25, 0.3) is 0 Å². The van der Waals surface area contributed by atoms with Crippen molar-refractivity contribution < 1.29 is 47.7 Å². The molecule has 0 heterocycles. The Morgan fingerprint density at radius 3 is 1.53 bits per heavy atom. The van der Waals surface area contributed by atoms with E-state index in [0.717, 1.165) is 20.1 Å². The summed E-state index contributed by atoms with van der Waals surface area (Å²) in [6, 6.07) is 16.8. The van der Waals surface area contributed by atoms with Gasteiger partial charge in [-0.2, -0.15) is 0 Å². The van der Waals surface area contributed by atoms with Crippen molar-refractivity contribution in [3.63, 3.8) is 0 Å². The van der Waals surface area contributed by atoms with Crippen molar-refractivity contribution in [1.29, 1.82) is 0 Å². The quantitative estimate of drug-likeness (QED) is 0.207. The monoisotopic (exact) mass is 496 g/mol. The Hall–Kier alpha value is -4.60. The molecule has 2 rings (SSSR count). The Bertz CT molecular complexity index is 1070. The lowest BCUT2D eigenvalue weighted by molar-refractivity contribution is -0.181. The van der Waals surface area contributed by atoms with Gasteiger partial charge in [0, 0.05) is 12.2 Å². The zero-order valence-corrected chi connectivity index (χ0v) is 19.6. The van der Waals surface area contributed by atoms with Crippen molar-refractivity contribution in [3.05, 3.63) is 83.9 Å². The number of carbonyl (C=O) groups excluding carboxylic acids is 6. The van der Waals surface area contributed by atoms with Crippen LogP contribution in [-0.4, -0.2) is 49.5 Å². The highest BCUT2D eigenvalue weighted by molar-refractivity contribution is 6.06. The molecule has 0 spiro atoms. The van der Waals surface area contributed by atoms with Crippen LogP contribution in [0.5, 0.6) is 0 Å². The maximum Gasteiger partial charge on any atom is 0.334 e. The Kier molecular flexibility index (Phi) is 10.2. The fourth-order valence-corrected chi connectivity index (χ4v) is 2.70. The maximum absolute atomic E-state index is 12.8. The molecule has 0 fully saturated rings. The van der Waals surface area contributed by atoms with Gasteiger partial charge in [0.2, 0.25) is 0 Å². The van der Waals surface area contributed by atoms with Crippen LogP contribution in [0.25, 0.3) is 0 Å². The molecule has 2 aromatic rings. The number of hydrogen-bond donors (Lipinski definition) is 0. The molecule has 0 radical (unpaired) electrons. The van der Waals surface area contributed by atoms with E-state index in [9.17, 15) is 28.8 Å². The first-order chi connectivity index (χ1) is 17.1. The van der Waals surface area contributed by atoms with E-state index in [1.807, 2.05) is 0 Å². The molecule has 0 bridgehead atoms. The number of hydrogen-bond acceptors (Lipinski definition) is 10. The van der Waals surface area contributed by atoms with Crippen LogP contribution in [0, 0.1) is 5.41 Å². The maximum atomic E-state index is 12.8. The van der Waals surface area contributed by atoms with Crippen LogP contribution in [-0.2, 0) is 60.6 Å². The average molecular weight is 496 g/mol. The average Bonchev–Trinajstić information content (AvgIpc) is 2.86. The van der Waals surface area contributed by atoms with Crippen molar-refractivity contribution in [2.24, 2.45) is 5.41 Å². The summed E-state index contributed by atoms with van der Waals surface area (Å²) in [5.41, 5.74) is -1.26. The zero-order valence-electron chi connectivity index (χ0n) is 19.6. The molecule has 0 aromatic heterocycles. The van der Waals surface area contributed by atoms with Gasteiger partial charge in [0.05, 0.1) is 20.0 Å². The second-order valence-electron chi connectivity index (χ2n) is 7.64. The molecule has 10 heteroatoms. The van der Waals surface area contributed by atoms with Crippen molar-refractivity contribution >= 4 is 35.8 Å². The van der Waals surface area contributed by atoms with E-state index in [0.29, 0.717) is 17.2 Å². The molecule has 0 aliphatic rings. The lowest BCUT2D eigenvalue weighted by Crippen LogP contribution is -2.45. The summed E-state index contributed by atoms with van der Waals surface area (Å²) in [6.45, 7) is 0.0623. The highest BCUT2D eigenvalue weighted by Crippen LogP contribution is 2.23. The standard InChI is InChI=1S/C26H24O10/c1-26(17-34-21(28)14-13-20(27)33-2,24(31)35-22(29)15-18-9-5-3-6-10-18)25(32)36-23(30)16-19-11-7-4-8-12-19/h3-14H,15-17H2,1-2H3/b14-13+. The molecule has 188 valence electrons. The van der Waals surface area contributed by atoms with Crippen molar-refractivity contribution in [2.75, 3.05) is 13.7 Å².